The molecule has 3 heteroatoms. The Morgan fingerprint density at radius 2 is 2.25 bits per heavy atom. The van der Waals surface area contributed by atoms with E-state index in [0.717, 1.165) is 25.6 Å². The molecule has 1 N–H and O–H groups in total. The fourth-order valence-electron chi connectivity index (χ4n) is 2.15. The molecule has 0 radical (unpaired) electrons. The maximum Gasteiger partial charge on any atom is 0.0609 e. The van der Waals surface area contributed by atoms with E-state index in [4.69, 9.17) is 4.74 Å². The minimum atomic E-state index is 0.425. The van der Waals surface area contributed by atoms with Crippen molar-refractivity contribution >= 4 is 11.8 Å². The smallest absolute Gasteiger partial charge is 0.0609 e. The molecular weight excluding hydrogens is 218 g/mol. The number of rotatable bonds is 7. The van der Waals surface area contributed by atoms with Crippen LogP contribution in [0, 0.1) is 5.92 Å². The summed E-state index contributed by atoms with van der Waals surface area (Å²) in [6, 6.07) is 0.744. The summed E-state index contributed by atoms with van der Waals surface area (Å²) in [5.74, 6) is 3.27. The Hall–Kier alpha value is 0.270. The van der Waals surface area contributed by atoms with Crippen molar-refractivity contribution in [2.45, 2.75) is 52.2 Å². The molecule has 0 aromatic heterocycles. The topological polar surface area (TPSA) is 21.3 Å². The van der Waals surface area contributed by atoms with Crippen molar-refractivity contribution < 1.29 is 4.74 Å². The van der Waals surface area contributed by atoms with Crippen molar-refractivity contribution in [2.24, 2.45) is 5.92 Å². The normalized spacial score (nSPS) is 23.6. The van der Waals surface area contributed by atoms with Gasteiger partial charge in [0.15, 0.2) is 0 Å². The highest BCUT2D eigenvalue weighted by Gasteiger charge is 2.16. The largest absolute Gasteiger partial charge is 0.378 e. The van der Waals surface area contributed by atoms with E-state index in [2.05, 4.69) is 37.8 Å². The Morgan fingerprint density at radius 1 is 1.44 bits per heavy atom. The number of ether oxygens (including phenoxy) is 1. The van der Waals surface area contributed by atoms with Crippen LogP contribution in [-0.2, 0) is 4.74 Å². The van der Waals surface area contributed by atoms with Crippen molar-refractivity contribution in [2.75, 3.05) is 24.7 Å². The fourth-order valence-corrected chi connectivity index (χ4v) is 3.26. The maximum atomic E-state index is 5.75. The van der Waals surface area contributed by atoms with Crippen LogP contribution in [0.25, 0.3) is 0 Å². The number of hydrogen-bond acceptors (Lipinski definition) is 3. The van der Waals surface area contributed by atoms with Gasteiger partial charge in [0.2, 0.25) is 0 Å². The van der Waals surface area contributed by atoms with Gasteiger partial charge in [-0.05, 0) is 44.4 Å². The highest BCUT2D eigenvalue weighted by molar-refractivity contribution is 7.99. The van der Waals surface area contributed by atoms with Gasteiger partial charge < -0.3 is 10.1 Å². The molecule has 0 aromatic rings. The third-order valence-corrected chi connectivity index (χ3v) is 4.36. The molecule has 0 amide bonds. The molecule has 16 heavy (non-hydrogen) atoms. The summed E-state index contributed by atoms with van der Waals surface area (Å²) >= 11 is 2.08. The molecule has 2 atom stereocenters. The van der Waals surface area contributed by atoms with Gasteiger partial charge in [-0.2, -0.15) is 11.8 Å². The average Bonchev–Trinajstić information content (AvgIpc) is 2.29. The zero-order chi connectivity index (χ0) is 11.8. The van der Waals surface area contributed by atoms with Crippen LogP contribution in [0.3, 0.4) is 0 Å². The second-order valence-corrected chi connectivity index (χ2v) is 6.04. The molecule has 0 spiro atoms. The first-order valence-corrected chi connectivity index (χ1v) is 7.82. The van der Waals surface area contributed by atoms with E-state index in [1.54, 1.807) is 0 Å². The lowest BCUT2D eigenvalue weighted by atomic mass is 10.0. The van der Waals surface area contributed by atoms with E-state index < -0.39 is 0 Å². The predicted octanol–water partition coefficient (Wildman–Crippen LogP) is 2.92. The van der Waals surface area contributed by atoms with E-state index in [-0.39, 0.29) is 0 Å². The van der Waals surface area contributed by atoms with Crippen LogP contribution in [0.1, 0.15) is 40.0 Å². The summed E-state index contributed by atoms with van der Waals surface area (Å²) in [6.07, 6.45) is 4.30. The molecule has 1 saturated heterocycles. The zero-order valence-electron chi connectivity index (χ0n) is 11.0. The molecule has 0 bridgehead atoms. The summed E-state index contributed by atoms with van der Waals surface area (Å²) in [7, 11) is 0. The standard InChI is InChI=1S/C13H27NOS/c1-4-15-13(11(2)3)7-8-14-12-6-5-9-16-10-12/h11-14H,4-10H2,1-3H3. The van der Waals surface area contributed by atoms with Crippen molar-refractivity contribution in [3.63, 3.8) is 0 Å². The first-order valence-electron chi connectivity index (χ1n) is 6.66. The Morgan fingerprint density at radius 3 is 2.81 bits per heavy atom. The van der Waals surface area contributed by atoms with Crippen LogP contribution in [0.5, 0.6) is 0 Å². The molecule has 1 heterocycles. The molecule has 0 aromatic carbocycles. The number of hydrogen-bond donors (Lipinski definition) is 1. The molecule has 1 aliphatic heterocycles. The lowest BCUT2D eigenvalue weighted by Crippen LogP contribution is -2.36. The lowest BCUT2D eigenvalue weighted by Gasteiger charge is -2.25. The van der Waals surface area contributed by atoms with Gasteiger partial charge in [-0.1, -0.05) is 13.8 Å². The summed E-state index contributed by atoms with van der Waals surface area (Å²) < 4.78 is 5.75. The molecule has 96 valence electrons. The molecule has 1 fully saturated rings. The molecule has 2 unspecified atom stereocenters. The van der Waals surface area contributed by atoms with Gasteiger partial charge in [-0.3, -0.25) is 0 Å². The van der Waals surface area contributed by atoms with Gasteiger partial charge in [0.05, 0.1) is 6.10 Å². The third kappa shape index (κ3) is 5.55. The molecule has 1 rings (SSSR count). The molecule has 0 aliphatic carbocycles. The van der Waals surface area contributed by atoms with Gasteiger partial charge in [-0.25, -0.2) is 0 Å². The lowest BCUT2D eigenvalue weighted by molar-refractivity contribution is 0.0247. The number of thioether (sulfide) groups is 1. The summed E-state index contributed by atoms with van der Waals surface area (Å²) in [4.78, 5) is 0. The first kappa shape index (κ1) is 14.3. The average molecular weight is 245 g/mol. The van der Waals surface area contributed by atoms with Crippen LogP contribution in [0.4, 0.5) is 0 Å². The minimum absolute atomic E-state index is 0.425. The van der Waals surface area contributed by atoms with Crippen LogP contribution < -0.4 is 5.32 Å². The zero-order valence-corrected chi connectivity index (χ0v) is 11.8. The van der Waals surface area contributed by atoms with Crippen molar-refractivity contribution in [1.82, 2.24) is 5.32 Å². The predicted molar refractivity (Wildman–Crippen MR) is 73.2 cm³/mol. The minimum Gasteiger partial charge on any atom is -0.378 e. The summed E-state index contributed by atoms with van der Waals surface area (Å²) in [5, 5.41) is 3.66. The van der Waals surface area contributed by atoms with Crippen molar-refractivity contribution in [3.05, 3.63) is 0 Å². The SMILES string of the molecule is CCOC(CCNC1CCCSC1)C(C)C. The first-order chi connectivity index (χ1) is 7.74. The van der Waals surface area contributed by atoms with Crippen molar-refractivity contribution in [1.29, 1.82) is 0 Å². The molecule has 1 aliphatic rings. The fraction of sp³-hybridized carbons (Fsp3) is 1.00. The van der Waals surface area contributed by atoms with Crippen LogP contribution in [0.2, 0.25) is 0 Å². The second-order valence-electron chi connectivity index (χ2n) is 4.89. The van der Waals surface area contributed by atoms with Gasteiger partial charge in [-0.15, -0.1) is 0 Å². The molecule has 2 nitrogen and oxygen atoms in total. The summed E-state index contributed by atoms with van der Waals surface area (Å²) in [6.45, 7) is 8.52. The third-order valence-electron chi connectivity index (χ3n) is 3.15. The van der Waals surface area contributed by atoms with Gasteiger partial charge in [0.1, 0.15) is 0 Å². The van der Waals surface area contributed by atoms with E-state index >= 15 is 0 Å². The Kier molecular flexibility index (Phi) is 7.50. The van der Waals surface area contributed by atoms with E-state index in [1.807, 2.05) is 0 Å². The van der Waals surface area contributed by atoms with Crippen molar-refractivity contribution in [3.8, 4) is 0 Å². The maximum absolute atomic E-state index is 5.75. The second kappa shape index (κ2) is 8.37. The van der Waals surface area contributed by atoms with E-state index in [0.29, 0.717) is 12.0 Å². The summed E-state index contributed by atoms with van der Waals surface area (Å²) in [5.41, 5.74) is 0. The van der Waals surface area contributed by atoms with E-state index in [9.17, 15) is 0 Å². The monoisotopic (exact) mass is 245 g/mol. The van der Waals surface area contributed by atoms with Crippen LogP contribution in [0.15, 0.2) is 0 Å². The Labute approximate surface area is 105 Å². The molecular formula is C13H27NOS. The quantitative estimate of drug-likeness (QED) is 0.745. The molecule has 0 saturated carbocycles. The van der Waals surface area contributed by atoms with Gasteiger partial charge in [0, 0.05) is 18.4 Å². The van der Waals surface area contributed by atoms with Crippen LogP contribution in [-0.4, -0.2) is 36.8 Å². The highest BCUT2D eigenvalue weighted by atomic mass is 32.2. The van der Waals surface area contributed by atoms with Crippen LogP contribution >= 0.6 is 11.8 Å². The number of nitrogens with one attached hydrogen (secondary N) is 1. The Bertz CT molecular complexity index is 169. The van der Waals surface area contributed by atoms with Gasteiger partial charge in [0.25, 0.3) is 0 Å². The highest BCUT2D eigenvalue weighted by Crippen LogP contribution is 2.17. The van der Waals surface area contributed by atoms with E-state index in [1.165, 1.54) is 24.3 Å². The Balaban J connectivity index is 2.11. The van der Waals surface area contributed by atoms with Gasteiger partial charge >= 0.3 is 0 Å².